The number of carbonyl (C=O) groups excluding carboxylic acids is 1. The van der Waals surface area contributed by atoms with E-state index in [0.29, 0.717) is 27.1 Å². The van der Waals surface area contributed by atoms with E-state index in [2.05, 4.69) is 10.1 Å². The number of nitrogens with one attached hydrogen (secondary N) is 1. The number of halogens is 2. The maximum Gasteiger partial charge on any atom is 0.361 e. The second-order valence-electron chi connectivity index (χ2n) is 5.62. The molecule has 1 unspecified atom stereocenters. The second-order valence-corrected chi connectivity index (χ2v) is 6.46. The molecule has 0 aliphatic heterocycles. The van der Waals surface area contributed by atoms with Gasteiger partial charge >= 0.3 is 11.7 Å². The molecule has 0 aliphatic rings. The van der Waals surface area contributed by atoms with E-state index in [1.807, 2.05) is 0 Å². The van der Waals surface area contributed by atoms with Crippen molar-refractivity contribution in [2.45, 2.75) is 13.0 Å². The van der Waals surface area contributed by atoms with Gasteiger partial charge in [0.25, 0.3) is 0 Å². The van der Waals surface area contributed by atoms with Gasteiger partial charge in [-0.15, -0.1) is 0 Å². The highest BCUT2D eigenvalue weighted by Gasteiger charge is 2.22. The van der Waals surface area contributed by atoms with Crippen LogP contribution in [0.15, 0.2) is 47.3 Å². The average Bonchev–Trinajstić information content (AvgIpc) is 3.04. The molecular formula is C18H15Cl2N3O4. The molecule has 0 bridgehead atoms. The summed E-state index contributed by atoms with van der Waals surface area (Å²) in [5, 5.41) is 3.40. The largest absolute Gasteiger partial charge is 0.467 e. The lowest BCUT2D eigenvalue weighted by Crippen LogP contribution is -2.21. The summed E-state index contributed by atoms with van der Waals surface area (Å²) in [6, 6.07) is 11.0. The van der Waals surface area contributed by atoms with Crippen molar-refractivity contribution in [1.29, 1.82) is 0 Å². The van der Waals surface area contributed by atoms with Crippen LogP contribution in [0.3, 0.4) is 0 Å². The first-order chi connectivity index (χ1) is 12.9. The Bertz CT molecular complexity index is 1030. The van der Waals surface area contributed by atoms with E-state index in [4.69, 9.17) is 32.7 Å². The molecule has 1 heterocycles. The maximum atomic E-state index is 11.8. The van der Waals surface area contributed by atoms with Crippen LogP contribution in [-0.4, -0.2) is 27.8 Å². The topological polar surface area (TPSA) is 86.2 Å². The SMILES string of the molecule is COC(=O)C(C)n1[nH]c(=O)nc1-c1ccc(Oc2ccc(Cl)cc2)cc1Cl. The van der Waals surface area contributed by atoms with E-state index in [9.17, 15) is 9.59 Å². The number of benzene rings is 2. The van der Waals surface area contributed by atoms with Crippen LogP contribution in [-0.2, 0) is 9.53 Å². The predicted octanol–water partition coefficient (Wildman–Crippen LogP) is 4.07. The van der Waals surface area contributed by atoms with Gasteiger partial charge in [-0.1, -0.05) is 23.2 Å². The summed E-state index contributed by atoms with van der Waals surface area (Å²) >= 11 is 12.2. The predicted molar refractivity (Wildman–Crippen MR) is 102 cm³/mol. The van der Waals surface area contributed by atoms with Gasteiger partial charge in [-0.25, -0.2) is 14.7 Å². The van der Waals surface area contributed by atoms with Crippen LogP contribution in [0.2, 0.25) is 10.0 Å². The number of H-pyrrole nitrogens is 1. The van der Waals surface area contributed by atoms with E-state index in [0.717, 1.165) is 0 Å². The van der Waals surface area contributed by atoms with Gasteiger partial charge in [0.2, 0.25) is 0 Å². The monoisotopic (exact) mass is 407 g/mol. The minimum Gasteiger partial charge on any atom is -0.467 e. The van der Waals surface area contributed by atoms with Crippen molar-refractivity contribution in [2.24, 2.45) is 0 Å². The van der Waals surface area contributed by atoms with E-state index in [-0.39, 0.29) is 5.82 Å². The summed E-state index contributed by atoms with van der Waals surface area (Å²) in [6.45, 7) is 1.58. The Balaban J connectivity index is 1.93. The Morgan fingerprint density at radius 1 is 1.15 bits per heavy atom. The fourth-order valence-electron chi connectivity index (χ4n) is 2.46. The lowest BCUT2D eigenvalue weighted by atomic mass is 10.2. The molecule has 2 aromatic carbocycles. The van der Waals surface area contributed by atoms with Crippen LogP contribution in [0, 0.1) is 0 Å². The molecular weight excluding hydrogens is 393 g/mol. The average molecular weight is 408 g/mol. The Morgan fingerprint density at radius 3 is 2.44 bits per heavy atom. The number of aromatic nitrogens is 3. The number of nitrogens with zero attached hydrogens (tertiary/aromatic N) is 2. The molecule has 27 heavy (non-hydrogen) atoms. The zero-order valence-corrected chi connectivity index (χ0v) is 15.9. The van der Waals surface area contributed by atoms with Crippen molar-refractivity contribution < 1.29 is 14.3 Å². The summed E-state index contributed by atoms with van der Waals surface area (Å²) in [7, 11) is 1.27. The van der Waals surface area contributed by atoms with Crippen LogP contribution in [0.1, 0.15) is 13.0 Å². The molecule has 1 atom stereocenters. The molecule has 0 fully saturated rings. The molecule has 0 saturated carbocycles. The van der Waals surface area contributed by atoms with Crippen LogP contribution < -0.4 is 10.4 Å². The molecule has 0 spiro atoms. The first kappa shape index (κ1) is 19.0. The molecule has 0 radical (unpaired) electrons. The number of carbonyl (C=O) groups is 1. The van der Waals surface area contributed by atoms with Crippen LogP contribution in [0.25, 0.3) is 11.4 Å². The van der Waals surface area contributed by atoms with Gasteiger partial charge in [-0.3, -0.25) is 4.68 Å². The van der Waals surface area contributed by atoms with Gasteiger partial charge in [-0.2, -0.15) is 4.98 Å². The third kappa shape index (κ3) is 4.15. The standard InChI is InChI=1S/C18H15Cl2N3O4/c1-10(17(24)26-2)23-16(21-18(25)22-23)14-8-7-13(9-15(14)20)27-12-5-3-11(19)4-6-12/h3-10H,1-2H3,(H,22,25). The van der Waals surface area contributed by atoms with Crippen molar-refractivity contribution in [3.05, 3.63) is 63.0 Å². The normalized spacial score (nSPS) is 11.9. The number of hydrogen-bond donors (Lipinski definition) is 1. The highest BCUT2D eigenvalue weighted by Crippen LogP contribution is 2.32. The lowest BCUT2D eigenvalue weighted by molar-refractivity contribution is -0.144. The molecule has 3 rings (SSSR count). The van der Waals surface area contributed by atoms with Crippen LogP contribution in [0.5, 0.6) is 11.5 Å². The van der Waals surface area contributed by atoms with Gasteiger partial charge in [0.1, 0.15) is 17.5 Å². The zero-order valence-electron chi connectivity index (χ0n) is 14.4. The molecule has 0 saturated heterocycles. The lowest BCUT2D eigenvalue weighted by Gasteiger charge is -2.14. The van der Waals surface area contributed by atoms with Crippen LogP contribution in [0.4, 0.5) is 0 Å². The third-order valence-electron chi connectivity index (χ3n) is 3.81. The first-order valence-electron chi connectivity index (χ1n) is 7.88. The smallest absolute Gasteiger partial charge is 0.361 e. The number of ether oxygens (including phenoxy) is 2. The third-order valence-corrected chi connectivity index (χ3v) is 4.38. The van der Waals surface area contributed by atoms with Crippen molar-refractivity contribution in [2.75, 3.05) is 7.11 Å². The van der Waals surface area contributed by atoms with Gasteiger partial charge in [0, 0.05) is 16.7 Å². The van der Waals surface area contributed by atoms with E-state index >= 15 is 0 Å². The number of rotatable bonds is 5. The zero-order chi connectivity index (χ0) is 19.6. The highest BCUT2D eigenvalue weighted by atomic mass is 35.5. The number of aromatic amines is 1. The fraction of sp³-hybridized carbons (Fsp3) is 0.167. The highest BCUT2D eigenvalue weighted by molar-refractivity contribution is 6.33. The number of methoxy groups -OCH3 is 1. The molecule has 0 amide bonds. The van der Waals surface area contributed by atoms with Crippen molar-refractivity contribution >= 4 is 29.2 Å². The summed E-state index contributed by atoms with van der Waals surface area (Å²) < 4.78 is 11.8. The molecule has 0 aliphatic carbocycles. The molecule has 1 N–H and O–H groups in total. The number of esters is 1. The Labute approximate surface area is 164 Å². The van der Waals surface area contributed by atoms with E-state index in [1.54, 1.807) is 49.4 Å². The molecule has 140 valence electrons. The Kier molecular flexibility index (Phi) is 5.53. The minimum atomic E-state index is -0.777. The van der Waals surface area contributed by atoms with E-state index < -0.39 is 17.7 Å². The Morgan fingerprint density at radius 2 is 1.81 bits per heavy atom. The van der Waals surface area contributed by atoms with Gasteiger partial charge in [0.05, 0.1) is 12.1 Å². The Hall–Kier alpha value is -2.77. The summed E-state index contributed by atoms with van der Waals surface area (Å²) in [6.07, 6.45) is 0. The molecule has 3 aromatic rings. The molecule has 9 heteroatoms. The van der Waals surface area contributed by atoms with Gasteiger partial charge in [0.15, 0.2) is 5.82 Å². The number of hydrogen-bond acceptors (Lipinski definition) is 5. The van der Waals surface area contributed by atoms with Crippen molar-refractivity contribution in [1.82, 2.24) is 14.8 Å². The van der Waals surface area contributed by atoms with Crippen molar-refractivity contribution in [3.8, 4) is 22.9 Å². The molecule has 1 aromatic heterocycles. The second kappa shape index (κ2) is 7.85. The summed E-state index contributed by atoms with van der Waals surface area (Å²) in [5.74, 6) is 0.792. The summed E-state index contributed by atoms with van der Waals surface area (Å²) in [5.41, 5.74) is -0.132. The maximum absolute atomic E-state index is 11.8. The van der Waals surface area contributed by atoms with Crippen molar-refractivity contribution in [3.63, 3.8) is 0 Å². The fourth-order valence-corrected chi connectivity index (χ4v) is 2.84. The first-order valence-corrected chi connectivity index (χ1v) is 8.64. The van der Waals surface area contributed by atoms with Gasteiger partial charge < -0.3 is 9.47 Å². The van der Waals surface area contributed by atoms with E-state index in [1.165, 1.54) is 11.8 Å². The summed E-state index contributed by atoms with van der Waals surface area (Å²) in [4.78, 5) is 27.5. The van der Waals surface area contributed by atoms with Crippen LogP contribution >= 0.6 is 23.2 Å². The van der Waals surface area contributed by atoms with Gasteiger partial charge in [-0.05, 0) is 43.3 Å². The minimum absolute atomic E-state index is 0.223. The quantitative estimate of drug-likeness (QED) is 0.644. The molecule has 7 nitrogen and oxygen atoms in total.